The van der Waals surface area contributed by atoms with E-state index in [0.717, 1.165) is 58.9 Å². The lowest BCUT2D eigenvalue weighted by molar-refractivity contribution is 0.103. The Bertz CT molecular complexity index is 1380. The Morgan fingerprint density at radius 1 is 1.03 bits per heavy atom. The van der Waals surface area contributed by atoms with Crippen LogP contribution >= 0.6 is 11.3 Å². The molecule has 3 aromatic rings. The Morgan fingerprint density at radius 3 is 2.43 bits per heavy atom. The second-order valence-electron chi connectivity index (χ2n) is 8.59. The zero-order chi connectivity index (χ0) is 25.3. The number of amides is 1. The number of ether oxygens (including phenoxy) is 1. The highest BCUT2D eigenvalue weighted by Crippen LogP contribution is 2.35. The van der Waals surface area contributed by atoms with Crippen molar-refractivity contribution in [2.45, 2.75) is 32.6 Å². The number of hydrogen-bond acceptors (Lipinski definition) is 6. The van der Waals surface area contributed by atoms with Gasteiger partial charge in [0.25, 0.3) is 15.9 Å². The normalized spacial score (nSPS) is 14.1. The van der Waals surface area contributed by atoms with Crippen LogP contribution in [0.1, 0.15) is 31.9 Å². The fourth-order valence-electron chi connectivity index (χ4n) is 4.49. The first-order valence-electron chi connectivity index (χ1n) is 11.2. The van der Waals surface area contributed by atoms with Crippen LogP contribution in [0.4, 0.5) is 21.5 Å². The van der Waals surface area contributed by atoms with Crippen molar-refractivity contribution in [1.82, 2.24) is 0 Å². The van der Waals surface area contributed by atoms with E-state index >= 15 is 0 Å². The summed E-state index contributed by atoms with van der Waals surface area (Å²) in [5, 5.41) is 4.65. The van der Waals surface area contributed by atoms with Gasteiger partial charge in [0.2, 0.25) is 0 Å². The third-order valence-corrected chi connectivity index (χ3v) is 8.48. The molecule has 0 radical (unpaired) electrons. The van der Waals surface area contributed by atoms with E-state index in [1.54, 1.807) is 11.4 Å². The van der Waals surface area contributed by atoms with Gasteiger partial charge in [0.1, 0.15) is 10.7 Å². The van der Waals surface area contributed by atoms with Crippen LogP contribution in [-0.2, 0) is 14.8 Å². The van der Waals surface area contributed by atoms with Gasteiger partial charge in [-0.1, -0.05) is 6.07 Å². The highest BCUT2D eigenvalue weighted by atomic mass is 32.2. The molecule has 1 aliphatic rings. The van der Waals surface area contributed by atoms with Gasteiger partial charge in [-0.3, -0.25) is 9.52 Å². The molecule has 0 bridgehead atoms. The average molecular weight is 518 g/mol. The molecule has 0 aliphatic carbocycles. The molecule has 0 saturated carbocycles. The monoisotopic (exact) mass is 517 g/mol. The molecule has 2 N–H and O–H groups in total. The molecular weight excluding hydrogens is 489 g/mol. The topological polar surface area (TPSA) is 87.7 Å². The zero-order valence-electron chi connectivity index (χ0n) is 20.1. The number of thiophene rings is 1. The predicted octanol–water partition coefficient (Wildman–Crippen LogP) is 5.01. The molecule has 0 unspecified atom stereocenters. The van der Waals surface area contributed by atoms with Crippen LogP contribution in [0.3, 0.4) is 0 Å². The second-order valence-corrected chi connectivity index (χ2v) is 11.2. The van der Waals surface area contributed by atoms with E-state index in [1.807, 2.05) is 19.9 Å². The number of rotatable bonds is 6. The molecule has 1 fully saturated rings. The van der Waals surface area contributed by atoms with Crippen molar-refractivity contribution in [3.05, 3.63) is 68.7 Å². The zero-order valence-corrected chi connectivity index (χ0v) is 21.7. The molecule has 0 spiro atoms. The van der Waals surface area contributed by atoms with E-state index in [0.29, 0.717) is 18.9 Å². The SMILES string of the molecule is Cc1cc(F)ccc1S(=O)(=O)Nc1ccsc1C(=O)Nc1c(C)cc(C)c(N2CCOCC2)c1C. The van der Waals surface area contributed by atoms with Gasteiger partial charge in [-0.15, -0.1) is 11.3 Å². The van der Waals surface area contributed by atoms with Crippen LogP contribution < -0.4 is 14.9 Å². The molecular formula is C25H28FN3O4S2. The lowest BCUT2D eigenvalue weighted by atomic mass is 10.0. The van der Waals surface area contributed by atoms with Gasteiger partial charge in [-0.05, 0) is 79.6 Å². The van der Waals surface area contributed by atoms with Gasteiger partial charge in [0, 0.05) is 24.5 Å². The lowest BCUT2D eigenvalue weighted by Gasteiger charge is -2.32. The van der Waals surface area contributed by atoms with Gasteiger partial charge >= 0.3 is 0 Å². The summed E-state index contributed by atoms with van der Waals surface area (Å²) in [6.07, 6.45) is 0. The van der Waals surface area contributed by atoms with Crippen molar-refractivity contribution in [2.24, 2.45) is 0 Å². The minimum atomic E-state index is -4.01. The van der Waals surface area contributed by atoms with Crippen molar-refractivity contribution in [3.63, 3.8) is 0 Å². The highest BCUT2D eigenvalue weighted by molar-refractivity contribution is 7.92. The first-order chi connectivity index (χ1) is 16.6. The third-order valence-electron chi connectivity index (χ3n) is 6.04. The molecule has 10 heteroatoms. The number of benzene rings is 2. The minimum Gasteiger partial charge on any atom is -0.378 e. The van der Waals surface area contributed by atoms with E-state index < -0.39 is 21.7 Å². The number of aryl methyl sites for hydroxylation is 3. The smallest absolute Gasteiger partial charge is 0.267 e. The molecule has 186 valence electrons. The third kappa shape index (κ3) is 5.19. The van der Waals surface area contributed by atoms with E-state index in [4.69, 9.17) is 4.74 Å². The number of nitrogens with one attached hydrogen (secondary N) is 2. The summed E-state index contributed by atoms with van der Waals surface area (Å²) >= 11 is 1.14. The molecule has 4 rings (SSSR count). The van der Waals surface area contributed by atoms with Crippen molar-refractivity contribution in [2.75, 3.05) is 41.2 Å². The number of carbonyl (C=O) groups excluding carboxylic acids is 1. The number of anilines is 3. The van der Waals surface area contributed by atoms with Crippen LogP contribution in [0, 0.1) is 33.5 Å². The number of hydrogen-bond donors (Lipinski definition) is 2. The van der Waals surface area contributed by atoms with Crippen LogP contribution in [0.2, 0.25) is 0 Å². The summed E-state index contributed by atoms with van der Waals surface area (Å²) in [5.74, 6) is -0.922. The van der Waals surface area contributed by atoms with Gasteiger partial charge in [0.05, 0.1) is 23.8 Å². The van der Waals surface area contributed by atoms with Crippen LogP contribution in [0.15, 0.2) is 40.6 Å². The van der Waals surface area contributed by atoms with Crippen molar-refractivity contribution >= 4 is 44.3 Å². The van der Waals surface area contributed by atoms with Crippen LogP contribution in [0.5, 0.6) is 0 Å². The first-order valence-corrected chi connectivity index (χ1v) is 13.6. The second kappa shape index (κ2) is 9.96. The number of carbonyl (C=O) groups is 1. The van der Waals surface area contributed by atoms with Gasteiger partial charge in [-0.25, -0.2) is 12.8 Å². The molecule has 1 amide bonds. The largest absolute Gasteiger partial charge is 0.378 e. The summed E-state index contributed by atoms with van der Waals surface area (Å²) in [5.41, 5.74) is 5.24. The van der Waals surface area contributed by atoms with Crippen molar-refractivity contribution in [3.8, 4) is 0 Å². The molecule has 1 aliphatic heterocycles. The summed E-state index contributed by atoms with van der Waals surface area (Å²) in [6.45, 7) is 10.4. The summed E-state index contributed by atoms with van der Waals surface area (Å²) in [7, 11) is -4.01. The standard InChI is InChI=1S/C25H28FN3O4S2/c1-15-14-19(26)5-6-21(15)35(31,32)28-20-7-12-34-24(20)25(30)27-22-16(2)13-17(3)23(18(22)4)29-8-10-33-11-9-29/h5-7,12-14,28H,8-11H2,1-4H3,(H,27,30). The maximum absolute atomic E-state index is 13.5. The van der Waals surface area contributed by atoms with Crippen LogP contribution in [-0.4, -0.2) is 40.6 Å². The Balaban J connectivity index is 1.61. The summed E-state index contributed by atoms with van der Waals surface area (Å²) < 4.78 is 47.3. The summed E-state index contributed by atoms with van der Waals surface area (Å²) in [6, 6.07) is 7.06. The maximum atomic E-state index is 13.5. The van der Waals surface area contributed by atoms with E-state index in [-0.39, 0.29) is 21.0 Å². The van der Waals surface area contributed by atoms with Crippen molar-refractivity contribution in [1.29, 1.82) is 0 Å². The molecule has 2 aromatic carbocycles. The minimum absolute atomic E-state index is 0.0446. The summed E-state index contributed by atoms with van der Waals surface area (Å²) in [4.78, 5) is 15.7. The highest BCUT2D eigenvalue weighted by Gasteiger charge is 2.24. The molecule has 2 heterocycles. The van der Waals surface area contributed by atoms with Crippen molar-refractivity contribution < 1.29 is 22.3 Å². The lowest BCUT2D eigenvalue weighted by Crippen LogP contribution is -2.37. The maximum Gasteiger partial charge on any atom is 0.267 e. The Morgan fingerprint density at radius 2 is 1.74 bits per heavy atom. The Labute approximate surface area is 209 Å². The average Bonchev–Trinajstić information content (AvgIpc) is 3.24. The van der Waals surface area contributed by atoms with Gasteiger partial charge in [0.15, 0.2) is 0 Å². The fraction of sp³-hybridized carbons (Fsp3) is 0.320. The number of nitrogens with zero attached hydrogens (tertiary/aromatic N) is 1. The molecule has 35 heavy (non-hydrogen) atoms. The van der Waals surface area contributed by atoms with E-state index in [2.05, 4.69) is 21.9 Å². The first kappa shape index (κ1) is 25.2. The number of morpholine rings is 1. The molecule has 1 aromatic heterocycles. The molecule has 0 atom stereocenters. The van der Waals surface area contributed by atoms with E-state index in [9.17, 15) is 17.6 Å². The Kier molecular flexibility index (Phi) is 7.16. The molecule has 7 nitrogen and oxygen atoms in total. The van der Waals surface area contributed by atoms with Crippen LogP contribution in [0.25, 0.3) is 0 Å². The fourth-order valence-corrected chi connectivity index (χ4v) is 6.60. The van der Waals surface area contributed by atoms with E-state index in [1.165, 1.54) is 13.0 Å². The van der Waals surface area contributed by atoms with Gasteiger partial charge in [-0.2, -0.15) is 0 Å². The molecule has 1 saturated heterocycles. The predicted molar refractivity (Wildman–Crippen MR) is 138 cm³/mol. The number of halogens is 1. The number of sulfonamides is 1. The quantitative estimate of drug-likeness (QED) is 0.480. The van der Waals surface area contributed by atoms with Gasteiger partial charge < -0.3 is 15.0 Å². The Hall–Kier alpha value is -2.95.